The number of hydrogen-bond donors (Lipinski definition) is 0. The number of nitriles is 1. The van der Waals surface area contributed by atoms with Crippen molar-refractivity contribution >= 4 is 33.8 Å². The molecule has 2 heterocycles. The number of fused-ring (bicyclic) bond motifs is 1. The molecule has 1 unspecified atom stereocenters. The van der Waals surface area contributed by atoms with E-state index in [9.17, 15) is 9.59 Å². The van der Waals surface area contributed by atoms with E-state index in [0.717, 1.165) is 33.8 Å². The fourth-order valence-electron chi connectivity index (χ4n) is 3.24. The summed E-state index contributed by atoms with van der Waals surface area (Å²) < 4.78 is 2.07. The van der Waals surface area contributed by atoms with E-state index in [-0.39, 0.29) is 11.1 Å². The Morgan fingerprint density at radius 3 is 2.69 bits per heavy atom. The molecule has 0 spiro atoms. The maximum Gasteiger partial charge on any atom is 0.289 e. The molecule has 1 aromatic heterocycles. The Morgan fingerprint density at radius 1 is 1.15 bits per heavy atom. The molecule has 128 valence electrons. The molecule has 0 aliphatic carbocycles. The van der Waals surface area contributed by atoms with Gasteiger partial charge in [0.05, 0.1) is 11.6 Å². The number of aromatic nitrogens is 1. The van der Waals surface area contributed by atoms with E-state index in [1.165, 1.54) is 11.9 Å². The first-order valence-electron chi connectivity index (χ1n) is 8.13. The summed E-state index contributed by atoms with van der Waals surface area (Å²) in [7, 11) is 1.52. The molecule has 1 saturated heterocycles. The predicted molar refractivity (Wildman–Crippen MR) is 101 cm³/mol. The third-order valence-corrected chi connectivity index (χ3v) is 5.73. The molecule has 5 nitrogen and oxygen atoms in total. The second-order valence-corrected chi connectivity index (χ2v) is 7.26. The lowest BCUT2D eigenvalue weighted by atomic mass is 10.1. The summed E-state index contributed by atoms with van der Waals surface area (Å²) >= 11 is 1.06. The minimum atomic E-state index is -0.510. The third-order valence-electron chi connectivity index (χ3n) is 4.56. The average molecular weight is 361 g/mol. The van der Waals surface area contributed by atoms with Crippen LogP contribution in [-0.4, -0.2) is 27.7 Å². The Bertz CT molecular complexity index is 1080. The van der Waals surface area contributed by atoms with Gasteiger partial charge in [-0.2, -0.15) is 5.26 Å². The Balaban J connectivity index is 1.78. The van der Waals surface area contributed by atoms with Crippen LogP contribution in [0.15, 0.2) is 54.7 Å². The van der Waals surface area contributed by atoms with Crippen molar-refractivity contribution in [2.75, 3.05) is 7.05 Å². The smallest absolute Gasteiger partial charge is 0.289 e. The van der Waals surface area contributed by atoms with Gasteiger partial charge < -0.3 is 4.57 Å². The van der Waals surface area contributed by atoms with Crippen LogP contribution in [0, 0.1) is 11.3 Å². The van der Waals surface area contributed by atoms with Crippen LogP contribution in [0.25, 0.3) is 10.9 Å². The average Bonchev–Trinajstić information content (AvgIpc) is 3.14. The number of nitrogens with zero attached hydrogens (tertiary/aromatic N) is 3. The Labute approximate surface area is 154 Å². The predicted octanol–water partition coefficient (Wildman–Crippen LogP) is 3.93. The van der Waals surface area contributed by atoms with Gasteiger partial charge in [-0.25, -0.2) is 0 Å². The zero-order chi connectivity index (χ0) is 18.3. The first-order valence-corrected chi connectivity index (χ1v) is 9.01. The van der Waals surface area contributed by atoms with Crippen LogP contribution in [0.3, 0.4) is 0 Å². The fraction of sp³-hybridized carbons (Fsp3) is 0.150. The van der Waals surface area contributed by atoms with Crippen molar-refractivity contribution in [1.82, 2.24) is 9.47 Å². The SMILES string of the molecule is CN1C(=O)SC(c2cn(Cc3cccc(C#N)c3)c3ccccc23)C1=O. The summed E-state index contributed by atoms with van der Waals surface area (Å²) in [5, 5.41) is 9.33. The zero-order valence-corrected chi connectivity index (χ0v) is 14.9. The summed E-state index contributed by atoms with van der Waals surface area (Å²) in [5.41, 5.74) is 3.48. The Kier molecular flexibility index (Phi) is 4.02. The standard InChI is InChI=1S/C20H15N3O2S/c1-22-19(24)18(26-20(22)25)16-12-23(17-8-3-2-7-15(16)17)11-14-6-4-5-13(9-14)10-21/h2-9,12,18H,11H2,1H3. The highest BCUT2D eigenvalue weighted by Crippen LogP contribution is 2.42. The number of benzene rings is 2. The molecule has 1 atom stereocenters. The minimum absolute atomic E-state index is 0.186. The second kappa shape index (κ2) is 6.36. The summed E-state index contributed by atoms with van der Waals surface area (Å²) in [6, 6.07) is 17.5. The van der Waals surface area contributed by atoms with Crippen LogP contribution >= 0.6 is 11.8 Å². The normalized spacial score (nSPS) is 17.1. The van der Waals surface area contributed by atoms with E-state index in [2.05, 4.69) is 10.6 Å². The van der Waals surface area contributed by atoms with Crippen molar-refractivity contribution in [1.29, 1.82) is 5.26 Å². The van der Waals surface area contributed by atoms with Crippen LogP contribution in [0.2, 0.25) is 0 Å². The van der Waals surface area contributed by atoms with Crippen LogP contribution in [0.1, 0.15) is 21.9 Å². The van der Waals surface area contributed by atoms with Crippen molar-refractivity contribution in [2.24, 2.45) is 0 Å². The number of para-hydroxylation sites is 1. The molecule has 1 aliphatic heterocycles. The molecule has 2 aromatic carbocycles. The highest BCUT2D eigenvalue weighted by Gasteiger charge is 2.39. The molecule has 3 aromatic rings. The van der Waals surface area contributed by atoms with Gasteiger partial charge in [-0.15, -0.1) is 0 Å². The second-order valence-electron chi connectivity index (χ2n) is 6.20. The van der Waals surface area contributed by atoms with E-state index in [1.807, 2.05) is 48.7 Å². The van der Waals surface area contributed by atoms with Crippen LogP contribution in [0.4, 0.5) is 4.79 Å². The molecule has 1 fully saturated rings. The summed E-state index contributed by atoms with van der Waals surface area (Å²) in [4.78, 5) is 25.5. The first-order chi connectivity index (χ1) is 12.6. The van der Waals surface area contributed by atoms with Gasteiger partial charge in [0, 0.05) is 36.3 Å². The maximum atomic E-state index is 12.4. The van der Waals surface area contributed by atoms with Gasteiger partial charge >= 0.3 is 0 Å². The van der Waals surface area contributed by atoms with E-state index in [1.54, 1.807) is 6.07 Å². The monoisotopic (exact) mass is 361 g/mol. The van der Waals surface area contributed by atoms with Gasteiger partial charge in [0.15, 0.2) is 0 Å². The van der Waals surface area contributed by atoms with E-state index in [4.69, 9.17) is 5.26 Å². The molecule has 0 N–H and O–H groups in total. The van der Waals surface area contributed by atoms with Gasteiger partial charge in [-0.3, -0.25) is 14.5 Å². The lowest BCUT2D eigenvalue weighted by Gasteiger charge is -2.06. The highest BCUT2D eigenvalue weighted by molar-refractivity contribution is 8.15. The van der Waals surface area contributed by atoms with Gasteiger partial charge in [-0.05, 0) is 35.5 Å². The number of imide groups is 1. The quantitative estimate of drug-likeness (QED) is 0.709. The number of carbonyl (C=O) groups is 2. The van der Waals surface area contributed by atoms with Crippen molar-refractivity contribution in [3.05, 3.63) is 71.4 Å². The number of amides is 2. The van der Waals surface area contributed by atoms with Crippen molar-refractivity contribution < 1.29 is 9.59 Å². The Morgan fingerprint density at radius 2 is 1.96 bits per heavy atom. The van der Waals surface area contributed by atoms with Crippen molar-refractivity contribution in [3.63, 3.8) is 0 Å². The number of likely N-dealkylation sites (N-methyl/N-ethyl adjacent to an activating group) is 1. The van der Waals surface area contributed by atoms with Crippen molar-refractivity contribution in [3.8, 4) is 6.07 Å². The lowest BCUT2D eigenvalue weighted by molar-refractivity contribution is -0.125. The van der Waals surface area contributed by atoms with Crippen LogP contribution < -0.4 is 0 Å². The highest BCUT2D eigenvalue weighted by atomic mass is 32.2. The van der Waals surface area contributed by atoms with Gasteiger partial charge in [-0.1, -0.05) is 30.3 Å². The largest absolute Gasteiger partial charge is 0.343 e. The number of hydrogen-bond acceptors (Lipinski definition) is 4. The number of rotatable bonds is 3. The van der Waals surface area contributed by atoms with Crippen molar-refractivity contribution in [2.45, 2.75) is 11.8 Å². The number of carbonyl (C=O) groups excluding carboxylic acids is 2. The van der Waals surface area contributed by atoms with Crippen LogP contribution in [0.5, 0.6) is 0 Å². The zero-order valence-electron chi connectivity index (χ0n) is 14.0. The van der Waals surface area contributed by atoms with Crippen LogP contribution in [-0.2, 0) is 11.3 Å². The lowest BCUT2D eigenvalue weighted by Crippen LogP contribution is -2.24. The molecular formula is C20H15N3O2S. The van der Waals surface area contributed by atoms with E-state index >= 15 is 0 Å². The van der Waals surface area contributed by atoms with E-state index < -0.39 is 5.25 Å². The molecular weight excluding hydrogens is 346 g/mol. The summed E-state index contributed by atoms with van der Waals surface area (Å²) in [6.07, 6.45) is 1.95. The minimum Gasteiger partial charge on any atom is -0.343 e. The van der Waals surface area contributed by atoms with Gasteiger partial charge in [0.2, 0.25) is 5.91 Å². The maximum absolute atomic E-state index is 12.4. The molecule has 1 aliphatic rings. The van der Waals surface area contributed by atoms with E-state index in [0.29, 0.717) is 12.1 Å². The topological polar surface area (TPSA) is 66.1 Å². The molecule has 6 heteroatoms. The summed E-state index contributed by atoms with van der Waals surface area (Å²) in [6.45, 7) is 0.589. The number of thioether (sulfide) groups is 1. The fourth-order valence-corrected chi connectivity index (χ4v) is 4.27. The molecule has 0 radical (unpaired) electrons. The Hall–Kier alpha value is -3.04. The first kappa shape index (κ1) is 16.4. The molecule has 4 rings (SSSR count). The van der Waals surface area contributed by atoms with Gasteiger partial charge in [0.25, 0.3) is 5.24 Å². The third kappa shape index (κ3) is 2.67. The molecule has 2 amide bonds. The molecule has 0 saturated carbocycles. The molecule has 26 heavy (non-hydrogen) atoms. The molecule has 0 bridgehead atoms. The van der Waals surface area contributed by atoms with Gasteiger partial charge in [0.1, 0.15) is 5.25 Å². The summed E-state index contributed by atoms with van der Waals surface area (Å²) in [5.74, 6) is -0.186.